The van der Waals surface area contributed by atoms with Crippen molar-refractivity contribution >= 4 is 5.96 Å². The van der Waals surface area contributed by atoms with E-state index in [4.69, 9.17) is 10.5 Å². The molecule has 0 radical (unpaired) electrons. The normalized spacial score (nSPS) is 14.3. The maximum Gasteiger partial charge on any atom is 0.189 e. The predicted octanol–water partition coefficient (Wildman–Crippen LogP) is 1.11. The van der Waals surface area contributed by atoms with E-state index in [0.717, 1.165) is 0 Å². The minimum atomic E-state index is -0.260. The first kappa shape index (κ1) is 13.2. The van der Waals surface area contributed by atoms with Gasteiger partial charge in [-0.1, -0.05) is 0 Å². The summed E-state index contributed by atoms with van der Waals surface area (Å²) in [5.41, 5.74) is 5.39. The van der Waals surface area contributed by atoms with Crippen LogP contribution in [0.25, 0.3) is 0 Å². The fraction of sp³-hybridized carbons (Fsp3) is 0.900. The average Bonchev–Trinajstić information content (AvgIpc) is 1.98. The molecule has 0 spiro atoms. The summed E-state index contributed by atoms with van der Waals surface area (Å²) >= 11 is 0. The Hall–Kier alpha value is -0.770. The Morgan fingerprint density at radius 2 is 1.79 bits per heavy atom. The van der Waals surface area contributed by atoms with Crippen LogP contribution in [0, 0.1) is 0 Å². The summed E-state index contributed by atoms with van der Waals surface area (Å²) in [5.74, 6) is 0.461. The van der Waals surface area contributed by atoms with Crippen LogP contribution in [-0.2, 0) is 4.74 Å². The molecule has 14 heavy (non-hydrogen) atoms. The fourth-order valence-electron chi connectivity index (χ4n) is 0.764. The van der Waals surface area contributed by atoms with Gasteiger partial charge in [0.05, 0.1) is 12.1 Å². The molecule has 0 aromatic heterocycles. The standard InChI is InChI=1S/C10H23N3O/c1-9(2,3)13-8(11)12-7-10(4,5)14-6/h7H2,1-6H3,(H3,11,12,13). The molecule has 0 aliphatic carbocycles. The molecular formula is C10H23N3O. The highest BCUT2D eigenvalue weighted by Gasteiger charge is 2.16. The van der Waals surface area contributed by atoms with Crippen molar-refractivity contribution in [3.63, 3.8) is 0 Å². The summed E-state index contributed by atoms with van der Waals surface area (Å²) in [7, 11) is 1.67. The maximum atomic E-state index is 5.71. The molecule has 0 fully saturated rings. The van der Waals surface area contributed by atoms with E-state index < -0.39 is 0 Å². The van der Waals surface area contributed by atoms with E-state index in [1.807, 2.05) is 34.6 Å². The molecule has 0 aliphatic rings. The molecule has 0 aliphatic heterocycles. The molecule has 0 rings (SSSR count). The zero-order valence-corrected chi connectivity index (χ0v) is 10.1. The third kappa shape index (κ3) is 6.71. The van der Waals surface area contributed by atoms with Crippen molar-refractivity contribution < 1.29 is 4.74 Å². The van der Waals surface area contributed by atoms with Crippen LogP contribution in [0.5, 0.6) is 0 Å². The van der Waals surface area contributed by atoms with E-state index >= 15 is 0 Å². The Morgan fingerprint density at radius 1 is 1.29 bits per heavy atom. The summed E-state index contributed by atoms with van der Waals surface area (Å²) in [6.07, 6.45) is 0. The van der Waals surface area contributed by atoms with Gasteiger partial charge in [-0.25, -0.2) is 0 Å². The summed E-state index contributed by atoms with van der Waals surface area (Å²) in [4.78, 5) is 4.21. The largest absolute Gasteiger partial charge is 0.377 e. The minimum Gasteiger partial charge on any atom is -0.377 e. The van der Waals surface area contributed by atoms with Crippen molar-refractivity contribution in [2.45, 2.75) is 45.8 Å². The van der Waals surface area contributed by atoms with Crippen molar-refractivity contribution in [1.82, 2.24) is 5.32 Å². The number of ether oxygens (including phenoxy) is 1. The molecule has 0 amide bonds. The van der Waals surface area contributed by atoms with Crippen molar-refractivity contribution in [2.24, 2.45) is 10.7 Å². The average molecular weight is 201 g/mol. The highest BCUT2D eigenvalue weighted by atomic mass is 16.5. The molecule has 0 aromatic rings. The van der Waals surface area contributed by atoms with Gasteiger partial charge in [0.15, 0.2) is 5.96 Å². The molecule has 0 saturated heterocycles. The lowest BCUT2D eigenvalue weighted by Gasteiger charge is -2.23. The number of aliphatic imine (C=N–C) groups is 1. The number of nitrogens with one attached hydrogen (secondary N) is 1. The van der Waals surface area contributed by atoms with Gasteiger partial charge in [-0.05, 0) is 34.6 Å². The molecule has 0 atom stereocenters. The minimum absolute atomic E-state index is 0.0508. The van der Waals surface area contributed by atoms with Crippen LogP contribution in [0.3, 0.4) is 0 Å². The molecule has 0 unspecified atom stereocenters. The summed E-state index contributed by atoms with van der Waals surface area (Å²) in [6, 6.07) is 0. The van der Waals surface area contributed by atoms with Crippen LogP contribution in [0.2, 0.25) is 0 Å². The Balaban J connectivity index is 4.14. The van der Waals surface area contributed by atoms with Crippen LogP contribution in [0.4, 0.5) is 0 Å². The number of nitrogens with two attached hydrogens (primary N) is 1. The van der Waals surface area contributed by atoms with Crippen LogP contribution in [0.1, 0.15) is 34.6 Å². The first-order valence-corrected chi connectivity index (χ1v) is 4.79. The van der Waals surface area contributed by atoms with E-state index in [2.05, 4.69) is 10.3 Å². The Labute approximate surface area is 86.9 Å². The summed E-state index contributed by atoms with van der Waals surface area (Å²) < 4.78 is 5.23. The highest BCUT2D eigenvalue weighted by Crippen LogP contribution is 2.07. The van der Waals surface area contributed by atoms with Crippen molar-refractivity contribution in [3.8, 4) is 0 Å². The second kappa shape index (κ2) is 4.64. The molecular weight excluding hydrogens is 178 g/mol. The van der Waals surface area contributed by atoms with Crippen molar-refractivity contribution in [2.75, 3.05) is 13.7 Å². The molecule has 84 valence electrons. The molecule has 0 heterocycles. The van der Waals surface area contributed by atoms with Crippen molar-refractivity contribution in [3.05, 3.63) is 0 Å². The molecule has 4 nitrogen and oxygen atoms in total. The number of hydrogen-bond acceptors (Lipinski definition) is 2. The lowest BCUT2D eigenvalue weighted by molar-refractivity contribution is 0.0311. The third-order valence-corrected chi connectivity index (χ3v) is 1.69. The first-order valence-electron chi connectivity index (χ1n) is 4.79. The number of hydrogen-bond donors (Lipinski definition) is 2. The van der Waals surface area contributed by atoms with Crippen molar-refractivity contribution in [1.29, 1.82) is 0 Å². The zero-order chi connectivity index (χ0) is 11.4. The number of guanidine groups is 1. The Morgan fingerprint density at radius 3 is 2.14 bits per heavy atom. The van der Waals surface area contributed by atoms with Gasteiger partial charge in [0.25, 0.3) is 0 Å². The quantitative estimate of drug-likeness (QED) is 0.531. The molecule has 4 heteroatoms. The van der Waals surface area contributed by atoms with Gasteiger partial charge in [-0.15, -0.1) is 0 Å². The molecule has 0 saturated carbocycles. The lowest BCUT2D eigenvalue weighted by atomic mass is 10.1. The van der Waals surface area contributed by atoms with Crippen LogP contribution >= 0.6 is 0 Å². The van der Waals surface area contributed by atoms with Gasteiger partial charge < -0.3 is 15.8 Å². The van der Waals surface area contributed by atoms with E-state index in [9.17, 15) is 0 Å². The first-order chi connectivity index (χ1) is 6.16. The summed E-state index contributed by atoms with van der Waals surface area (Å²) in [5, 5.41) is 3.09. The Bertz CT molecular complexity index is 204. The fourth-order valence-corrected chi connectivity index (χ4v) is 0.764. The van der Waals surface area contributed by atoms with Gasteiger partial charge in [-0.2, -0.15) is 0 Å². The lowest BCUT2D eigenvalue weighted by Crippen LogP contribution is -2.45. The van der Waals surface area contributed by atoms with Gasteiger partial charge in [-0.3, -0.25) is 4.99 Å². The van der Waals surface area contributed by atoms with Crippen LogP contribution < -0.4 is 11.1 Å². The van der Waals surface area contributed by atoms with Gasteiger partial charge >= 0.3 is 0 Å². The van der Waals surface area contributed by atoms with Gasteiger partial charge in [0.2, 0.25) is 0 Å². The van der Waals surface area contributed by atoms with Crippen LogP contribution in [0.15, 0.2) is 4.99 Å². The maximum absolute atomic E-state index is 5.71. The smallest absolute Gasteiger partial charge is 0.189 e. The van der Waals surface area contributed by atoms with Gasteiger partial charge in [0, 0.05) is 12.6 Å². The topological polar surface area (TPSA) is 59.6 Å². The van der Waals surface area contributed by atoms with Gasteiger partial charge in [0.1, 0.15) is 0 Å². The summed E-state index contributed by atoms with van der Waals surface area (Å²) in [6.45, 7) is 10.6. The zero-order valence-electron chi connectivity index (χ0n) is 10.1. The number of methoxy groups -OCH3 is 1. The van der Waals surface area contributed by atoms with E-state index in [1.54, 1.807) is 7.11 Å². The second-order valence-corrected chi connectivity index (χ2v) is 5.04. The predicted molar refractivity (Wildman–Crippen MR) is 60.5 cm³/mol. The number of rotatable bonds is 3. The monoisotopic (exact) mass is 201 g/mol. The number of nitrogens with zero attached hydrogens (tertiary/aromatic N) is 1. The van der Waals surface area contributed by atoms with E-state index in [1.165, 1.54) is 0 Å². The third-order valence-electron chi connectivity index (χ3n) is 1.69. The van der Waals surface area contributed by atoms with E-state index in [0.29, 0.717) is 12.5 Å². The molecule has 0 aromatic carbocycles. The van der Waals surface area contributed by atoms with Crippen LogP contribution in [-0.4, -0.2) is 30.8 Å². The van der Waals surface area contributed by atoms with E-state index in [-0.39, 0.29) is 11.1 Å². The Kier molecular flexibility index (Phi) is 4.39. The second-order valence-electron chi connectivity index (χ2n) is 5.04. The highest BCUT2D eigenvalue weighted by molar-refractivity contribution is 5.78. The SMILES string of the molecule is COC(C)(C)CN=C(N)NC(C)(C)C. The molecule has 3 N–H and O–H groups in total. The molecule has 0 bridgehead atoms.